The Morgan fingerprint density at radius 2 is 1.94 bits per heavy atom. The largest absolute Gasteiger partial charge is 0.348 e. The van der Waals surface area contributed by atoms with Gasteiger partial charge in [0, 0.05) is 41.3 Å². The Labute approximate surface area is 184 Å². The maximum Gasteiger partial charge on any atom is 0.253 e. The van der Waals surface area contributed by atoms with Crippen LogP contribution in [0.25, 0.3) is 11.1 Å². The molecule has 0 spiro atoms. The van der Waals surface area contributed by atoms with Crippen molar-refractivity contribution in [3.05, 3.63) is 86.6 Å². The van der Waals surface area contributed by atoms with Crippen molar-refractivity contribution in [2.24, 2.45) is 0 Å². The maximum absolute atomic E-state index is 13.2. The highest BCUT2D eigenvalue weighted by Crippen LogP contribution is 2.26. The maximum atomic E-state index is 13.2. The second-order valence-corrected chi connectivity index (χ2v) is 9.58. The normalized spacial score (nSPS) is 11.3. The van der Waals surface area contributed by atoms with Crippen molar-refractivity contribution in [2.45, 2.75) is 46.8 Å². The summed E-state index contributed by atoms with van der Waals surface area (Å²) in [6.45, 7) is 10.2. The molecule has 0 atom stereocenters. The van der Waals surface area contributed by atoms with Crippen LogP contribution in [0.4, 0.5) is 0 Å². The minimum absolute atomic E-state index is 0.164. The predicted molar refractivity (Wildman–Crippen MR) is 129 cm³/mol. The Morgan fingerprint density at radius 1 is 1.16 bits per heavy atom. The monoisotopic (exact) mass is 433 g/mol. The van der Waals surface area contributed by atoms with Gasteiger partial charge in [-0.25, -0.2) is 0 Å². The highest BCUT2D eigenvalue weighted by atomic mass is 31.1. The van der Waals surface area contributed by atoms with Gasteiger partial charge in [0.25, 0.3) is 11.5 Å². The van der Waals surface area contributed by atoms with Crippen LogP contribution >= 0.6 is 8.20 Å². The average Bonchev–Trinajstić information content (AvgIpc) is 2.72. The van der Waals surface area contributed by atoms with E-state index in [1.165, 1.54) is 0 Å². The van der Waals surface area contributed by atoms with Crippen LogP contribution in [0.2, 0.25) is 0 Å². The molecule has 5 nitrogen and oxygen atoms in total. The van der Waals surface area contributed by atoms with Gasteiger partial charge < -0.3 is 10.3 Å². The molecule has 0 radical (unpaired) electrons. The van der Waals surface area contributed by atoms with E-state index >= 15 is 0 Å². The third-order valence-electron chi connectivity index (χ3n) is 5.05. The molecule has 0 saturated heterocycles. The fourth-order valence-electron chi connectivity index (χ4n) is 3.45. The number of nitrogens with one attached hydrogen (secondary N) is 2. The minimum Gasteiger partial charge on any atom is -0.348 e. The molecule has 0 aliphatic carbocycles. The number of aromatic nitrogens is 2. The SMILES string of the molecule is Cc1cc(C)c(CNC(=O)c2cc(-c3cccnc3)cc(C)c2C=PC(C)C)c(=O)[nH]1. The Morgan fingerprint density at radius 3 is 2.58 bits per heavy atom. The van der Waals surface area contributed by atoms with Crippen molar-refractivity contribution < 1.29 is 4.79 Å². The third kappa shape index (κ3) is 5.56. The molecule has 0 fully saturated rings. The fraction of sp³-hybridized carbons (Fsp3) is 0.280. The lowest BCUT2D eigenvalue weighted by molar-refractivity contribution is 0.0950. The number of carbonyl (C=O) groups is 1. The van der Waals surface area contributed by atoms with Gasteiger partial charge in [0.1, 0.15) is 0 Å². The second-order valence-electron chi connectivity index (χ2n) is 7.99. The van der Waals surface area contributed by atoms with Gasteiger partial charge in [0.2, 0.25) is 0 Å². The first-order chi connectivity index (χ1) is 14.8. The summed E-state index contributed by atoms with van der Waals surface area (Å²) in [5, 5.41) is 2.95. The number of aromatic amines is 1. The molecule has 6 heteroatoms. The standard InChI is InChI=1S/C25H28N3O2P/c1-15(2)31-14-23-17(4)10-20(19-7-6-8-26-12-19)11-21(23)24(29)27-13-22-16(3)9-18(5)28-25(22)30/h6-12,14-15H,13H2,1-5H3,(H,27,29)(H,28,30). The quantitative estimate of drug-likeness (QED) is 0.549. The molecule has 31 heavy (non-hydrogen) atoms. The summed E-state index contributed by atoms with van der Waals surface area (Å²) < 4.78 is 0. The summed E-state index contributed by atoms with van der Waals surface area (Å²) in [6.07, 6.45) is 3.52. The van der Waals surface area contributed by atoms with Gasteiger partial charge >= 0.3 is 0 Å². The lowest BCUT2D eigenvalue weighted by atomic mass is 9.96. The summed E-state index contributed by atoms with van der Waals surface area (Å²) in [6, 6.07) is 9.77. The Balaban J connectivity index is 1.99. The second kappa shape index (κ2) is 9.84. The Hall–Kier alpha value is -3.04. The molecule has 0 unspecified atom stereocenters. The van der Waals surface area contributed by atoms with Crippen LogP contribution in [0.15, 0.2) is 47.5 Å². The number of hydrogen-bond donors (Lipinski definition) is 2. The van der Waals surface area contributed by atoms with Gasteiger partial charge in [-0.1, -0.05) is 26.0 Å². The number of hydrogen-bond acceptors (Lipinski definition) is 3. The van der Waals surface area contributed by atoms with Crippen LogP contribution in [0.5, 0.6) is 0 Å². The molecular formula is C25H28N3O2P. The zero-order valence-electron chi connectivity index (χ0n) is 18.6. The van der Waals surface area contributed by atoms with Crippen molar-refractivity contribution in [1.29, 1.82) is 0 Å². The number of benzene rings is 1. The molecule has 3 rings (SSSR count). The molecule has 0 aliphatic rings. The van der Waals surface area contributed by atoms with Crippen LogP contribution in [-0.4, -0.2) is 27.3 Å². The van der Waals surface area contributed by atoms with E-state index < -0.39 is 0 Å². The van der Waals surface area contributed by atoms with E-state index in [-0.39, 0.29) is 18.0 Å². The smallest absolute Gasteiger partial charge is 0.253 e. The topological polar surface area (TPSA) is 74.8 Å². The highest BCUT2D eigenvalue weighted by Gasteiger charge is 2.16. The van der Waals surface area contributed by atoms with Gasteiger partial charge in [-0.3, -0.25) is 14.6 Å². The van der Waals surface area contributed by atoms with E-state index in [1.54, 1.807) is 12.4 Å². The van der Waals surface area contributed by atoms with Gasteiger partial charge in [-0.05, 0) is 72.7 Å². The molecule has 0 saturated carbocycles. The molecule has 2 N–H and O–H groups in total. The van der Waals surface area contributed by atoms with E-state index in [0.29, 0.717) is 16.8 Å². The van der Waals surface area contributed by atoms with Crippen LogP contribution in [-0.2, 0) is 6.54 Å². The first-order valence-electron chi connectivity index (χ1n) is 10.3. The van der Waals surface area contributed by atoms with E-state index in [2.05, 4.69) is 41.0 Å². The van der Waals surface area contributed by atoms with Gasteiger partial charge in [0.15, 0.2) is 0 Å². The summed E-state index contributed by atoms with van der Waals surface area (Å²) in [7, 11) is 1.15. The number of rotatable bonds is 6. The van der Waals surface area contributed by atoms with Crippen molar-refractivity contribution in [3.63, 3.8) is 0 Å². The number of pyridine rings is 2. The summed E-state index contributed by atoms with van der Waals surface area (Å²) in [5.74, 6) is 1.91. The number of carbonyl (C=O) groups excluding carboxylic acids is 1. The average molecular weight is 433 g/mol. The summed E-state index contributed by atoms with van der Waals surface area (Å²) in [4.78, 5) is 32.6. The molecule has 160 valence electrons. The molecule has 1 amide bonds. The molecule has 0 bridgehead atoms. The highest BCUT2D eigenvalue weighted by molar-refractivity contribution is 7.39. The van der Waals surface area contributed by atoms with E-state index in [0.717, 1.165) is 41.7 Å². The van der Waals surface area contributed by atoms with Gasteiger partial charge in [-0.15, -0.1) is 8.20 Å². The zero-order valence-corrected chi connectivity index (χ0v) is 19.5. The fourth-order valence-corrected chi connectivity index (χ4v) is 4.24. The molecule has 1 aromatic carbocycles. The van der Waals surface area contributed by atoms with Crippen molar-refractivity contribution >= 4 is 19.9 Å². The molecule has 3 aromatic rings. The Kier molecular flexibility index (Phi) is 7.19. The van der Waals surface area contributed by atoms with Crippen molar-refractivity contribution in [2.75, 3.05) is 0 Å². The van der Waals surface area contributed by atoms with E-state index in [4.69, 9.17) is 0 Å². The molecule has 0 aliphatic heterocycles. The molecule has 2 aromatic heterocycles. The summed E-state index contributed by atoms with van der Waals surface area (Å²) in [5.41, 5.74) is 7.01. The molecular weight excluding hydrogens is 405 g/mol. The van der Waals surface area contributed by atoms with E-state index in [1.807, 2.05) is 45.0 Å². The molecule has 2 heterocycles. The number of nitrogens with zero attached hydrogens (tertiary/aromatic N) is 1. The number of aryl methyl sites for hydroxylation is 3. The zero-order chi connectivity index (χ0) is 22.5. The predicted octanol–water partition coefficient (Wildman–Crippen LogP) is 4.80. The first kappa shape index (κ1) is 22.6. The number of amides is 1. The van der Waals surface area contributed by atoms with Crippen LogP contribution in [0, 0.1) is 20.8 Å². The van der Waals surface area contributed by atoms with Gasteiger partial charge in [-0.2, -0.15) is 0 Å². The number of H-pyrrole nitrogens is 1. The minimum atomic E-state index is -0.196. The van der Waals surface area contributed by atoms with Crippen LogP contribution < -0.4 is 10.9 Å². The van der Waals surface area contributed by atoms with Crippen molar-refractivity contribution in [1.82, 2.24) is 15.3 Å². The van der Waals surface area contributed by atoms with Crippen LogP contribution in [0.1, 0.15) is 52.2 Å². The van der Waals surface area contributed by atoms with Crippen LogP contribution in [0.3, 0.4) is 0 Å². The first-order valence-corrected chi connectivity index (χ1v) is 11.4. The third-order valence-corrected chi connectivity index (χ3v) is 6.05. The van der Waals surface area contributed by atoms with Gasteiger partial charge in [0.05, 0.1) is 0 Å². The van der Waals surface area contributed by atoms with E-state index in [9.17, 15) is 9.59 Å². The van der Waals surface area contributed by atoms with Crippen molar-refractivity contribution in [3.8, 4) is 11.1 Å². The Bertz CT molecular complexity index is 1180. The lowest BCUT2D eigenvalue weighted by Gasteiger charge is -2.14. The summed E-state index contributed by atoms with van der Waals surface area (Å²) >= 11 is 0. The lowest BCUT2D eigenvalue weighted by Crippen LogP contribution is -2.28.